The van der Waals surface area contributed by atoms with Crippen LogP contribution in [0.1, 0.15) is 11.1 Å². The average Bonchev–Trinajstić information content (AvgIpc) is 2.40. The van der Waals surface area contributed by atoms with Crippen molar-refractivity contribution in [3.05, 3.63) is 63.9 Å². The van der Waals surface area contributed by atoms with Crippen LogP contribution in [-0.2, 0) is 6.42 Å². The van der Waals surface area contributed by atoms with Gasteiger partial charge in [0.05, 0.1) is 11.6 Å². The van der Waals surface area contributed by atoms with Crippen LogP contribution >= 0.6 is 15.9 Å². The van der Waals surface area contributed by atoms with Gasteiger partial charge in [0.15, 0.2) is 0 Å². The highest BCUT2D eigenvalue weighted by molar-refractivity contribution is 9.10. The summed E-state index contributed by atoms with van der Waals surface area (Å²) in [6.45, 7) is 0.729. The second kappa shape index (κ2) is 6.35. The Morgan fingerprint density at radius 1 is 1.16 bits per heavy atom. The van der Waals surface area contributed by atoms with E-state index < -0.39 is 0 Å². The molecule has 0 unspecified atom stereocenters. The van der Waals surface area contributed by atoms with Crippen LogP contribution in [0, 0.1) is 17.1 Å². The van der Waals surface area contributed by atoms with Gasteiger partial charge < -0.3 is 5.32 Å². The van der Waals surface area contributed by atoms with E-state index in [1.807, 2.05) is 6.07 Å². The molecule has 0 amide bonds. The standard InChI is InChI=1S/C15H12BrFN2/c16-13-7-12(10-18)8-15(9-13)19-6-5-11-1-3-14(17)4-2-11/h1-4,7-9,19H,5-6H2. The normalized spacial score (nSPS) is 9.95. The van der Waals surface area contributed by atoms with E-state index >= 15 is 0 Å². The van der Waals surface area contributed by atoms with Crippen molar-refractivity contribution in [2.24, 2.45) is 0 Å². The third kappa shape index (κ3) is 4.08. The lowest BCUT2D eigenvalue weighted by Gasteiger charge is -2.07. The maximum absolute atomic E-state index is 12.8. The lowest BCUT2D eigenvalue weighted by Crippen LogP contribution is -2.05. The zero-order chi connectivity index (χ0) is 13.7. The molecule has 0 bridgehead atoms. The Labute approximate surface area is 120 Å². The Kier molecular flexibility index (Phi) is 4.53. The highest BCUT2D eigenvalue weighted by Crippen LogP contribution is 2.19. The van der Waals surface area contributed by atoms with Gasteiger partial charge >= 0.3 is 0 Å². The summed E-state index contributed by atoms with van der Waals surface area (Å²) in [5.74, 6) is -0.220. The molecule has 2 rings (SSSR count). The molecule has 0 aromatic heterocycles. The highest BCUT2D eigenvalue weighted by Gasteiger charge is 1.99. The molecule has 0 aliphatic heterocycles. The Morgan fingerprint density at radius 3 is 2.58 bits per heavy atom. The molecule has 0 heterocycles. The minimum atomic E-state index is -0.220. The van der Waals surface area contributed by atoms with Gasteiger partial charge in [-0.3, -0.25) is 0 Å². The minimum Gasteiger partial charge on any atom is -0.385 e. The maximum atomic E-state index is 12.8. The minimum absolute atomic E-state index is 0.220. The van der Waals surface area contributed by atoms with Crippen LogP contribution in [0.5, 0.6) is 0 Å². The van der Waals surface area contributed by atoms with E-state index in [4.69, 9.17) is 5.26 Å². The molecule has 0 saturated carbocycles. The van der Waals surface area contributed by atoms with E-state index in [-0.39, 0.29) is 5.82 Å². The number of nitriles is 1. The van der Waals surface area contributed by atoms with Gasteiger partial charge in [-0.25, -0.2) is 4.39 Å². The molecule has 2 nitrogen and oxygen atoms in total. The second-order valence-corrected chi connectivity index (χ2v) is 5.06. The van der Waals surface area contributed by atoms with Crippen LogP contribution in [0.4, 0.5) is 10.1 Å². The SMILES string of the molecule is N#Cc1cc(Br)cc(NCCc2ccc(F)cc2)c1. The first-order chi connectivity index (χ1) is 9.17. The van der Waals surface area contributed by atoms with E-state index in [9.17, 15) is 4.39 Å². The predicted octanol–water partition coefficient (Wildman–Crippen LogP) is 4.11. The van der Waals surface area contributed by atoms with Gasteiger partial charge in [0, 0.05) is 16.7 Å². The number of nitrogens with one attached hydrogen (secondary N) is 1. The molecule has 0 fully saturated rings. The number of benzene rings is 2. The quantitative estimate of drug-likeness (QED) is 0.920. The van der Waals surface area contributed by atoms with E-state index in [0.29, 0.717) is 5.56 Å². The summed E-state index contributed by atoms with van der Waals surface area (Å²) in [6.07, 6.45) is 0.800. The molecule has 2 aromatic rings. The van der Waals surface area contributed by atoms with Crippen LogP contribution in [0.15, 0.2) is 46.9 Å². The van der Waals surface area contributed by atoms with Crippen molar-refractivity contribution < 1.29 is 4.39 Å². The molecule has 96 valence electrons. The molecule has 0 spiro atoms. The van der Waals surface area contributed by atoms with Crippen molar-refractivity contribution in [2.75, 3.05) is 11.9 Å². The highest BCUT2D eigenvalue weighted by atomic mass is 79.9. The van der Waals surface area contributed by atoms with Crippen LogP contribution in [0.2, 0.25) is 0 Å². The fourth-order valence-electron chi connectivity index (χ4n) is 1.76. The van der Waals surface area contributed by atoms with Crippen LogP contribution in [-0.4, -0.2) is 6.54 Å². The number of nitrogens with zero attached hydrogens (tertiary/aromatic N) is 1. The predicted molar refractivity (Wildman–Crippen MR) is 77.5 cm³/mol. The third-order valence-electron chi connectivity index (χ3n) is 2.68. The van der Waals surface area contributed by atoms with Gasteiger partial charge in [0.1, 0.15) is 5.82 Å². The molecule has 1 N–H and O–H groups in total. The Morgan fingerprint density at radius 2 is 1.89 bits per heavy atom. The monoisotopic (exact) mass is 318 g/mol. The van der Waals surface area contributed by atoms with Crippen LogP contribution in [0.25, 0.3) is 0 Å². The summed E-state index contributed by atoms with van der Waals surface area (Å²) in [7, 11) is 0. The molecule has 0 saturated heterocycles. The summed E-state index contributed by atoms with van der Waals surface area (Å²) in [5.41, 5.74) is 2.58. The van der Waals surface area contributed by atoms with Crippen molar-refractivity contribution in [3.63, 3.8) is 0 Å². The molecule has 2 aromatic carbocycles. The molecule has 0 aliphatic carbocycles. The van der Waals surface area contributed by atoms with Crippen molar-refractivity contribution in [1.29, 1.82) is 5.26 Å². The first kappa shape index (κ1) is 13.6. The van der Waals surface area contributed by atoms with Crippen molar-refractivity contribution in [1.82, 2.24) is 0 Å². The van der Waals surface area contributed by atoms with Crippen LogP contribution in [0.3, 0.4) is 0 Å². The fourth-order valence-corrected chi connectivity index (χ4v) is 2.25. The molecular weight excluding hydrogens is 307 g/mol. The van der Waals surface area contributed by atoms with Gasteiger partial charge in [-0.1, -0.05) is 28.1 Å². The number of rotatable bonds is 4. The second-order valence-electron chi connectivity index (χ2n) is 4.14. The number of hydrogen-bond acceptors (Lipinski definition) is 2. The molecule has 0 radical (unpaired) electrons. The molecule has 0 atom stereocenters. The smallest absolute Gasteiger partial charge is 0.123 e. The largest absolute Gasteiger partial charge is 0.385 e. The lowest BCUT2D eigenvalue weighted by molar-refractivity contribution is 0.627. The molecule has 0 aliphatic rings. The van der Waals surface area contributed by atoms with Gasteiger partial charge in [-0.2, -0.15) is 5.26 Å². The Bertz CT molecular complexity index is 603. The van der Waals surface area contributed by atoms with E-state index in [0.717, 1.165) is 28.7 Å². The van der Waals surface area contributed by atoms with E-state index in [1.165, 1.54) is 12.1 Å². The summed E-state index contributed by atoms with van der Waals surface area (Å²) >= 11 is 3.37. The van der Waals surface area contributed by atoms with Crippen molar-refractivity contribution >= 4 is 21.6 Å². The van der Waals surface area contributed by atoms with Gasteiger partial charge in [0.2, 0.25) is 0 Å². The number of halogens is 2. The number of anilines is 1. The summed E-state index contributed by atoms with van der Waals surface area (Å²) in [5, 5.41) is 12.1. The molecule has 4 heteroatoms. The van der Waals surface area contributed by atoms with Gasteiger partial charge in [0.25, 0.3) is 0 Å². The zero-order valence-electron chi connectivity index (χ0n) is 10.2. The van der Waals surface area contributed by atoms with Crippen LogP contribution < -0.4 is 5.32 Å². The average molecular weight is 319 g/mol. The number of hydrogen-bond donors (Lipinski definition) is 1. The van der Waals surface area contributed by atoms with E-state index in [2.05, 4.69) is 27.3 Å². The summed E-state index contributed by atoms with van der Waals surface area (Å²) in [4.78, 5) is 0. The summed E-state index contributed by atoms with van der Waals surface area (Å²) in [6, 6.07) is 14.1. The maximum Gasteiger partial charge on any atom is 0.123 e. The first-order valence-electron chi connectivity index (χ1n) is 5.86. The van der Waals surface area contributed by atoms with Gasteiger partial charge in [-0.05, 0) is 42.3 Å². The Balaban J connectivity index is 1.94. The molecule has 19 heavy (non-hydrogen) atoms. The topological polar surface area (TPSA) is 35.8 Å². The summed E-state index contributed by atoms with van der Waals surface area (Å²) < 4.78 is 13.6. The van der Waals surface area contributed by atoms with E-state index in [1.54, 1.807) is 24.3 Å². The third-order valence-corrected chi connectivity index (χ3v) is 3.14. The fraction of sp³-hybridized carbons (Fsp3) is 0.133. The molecular formula is C15H12BrFN2. The van der Waals surface area contributed by atoms with Crippen molar-refractivity contribution in [3.8, 4) is 6.07 Å². The zero-order valence-corrected chi connectivity index (χ0v) is 11.7. The van der Waals surface area contributed by atoms with Gasteiger partial charge in [-0.15, -0.1) is 0 Å². The van der Waals surface area contributed by atoms with Crippen molar-refractivity contribution in [2.45, 2.75) is 6.42 Å². The lowest BCUT2D eigenvalue weighted by atomic mass is 10.1. The first-order valence-corrected chi connectivity index (χ1v) is 6.66. The Hall–Kier alpha value is -1.86.